The smallest absolute Gasteiger partial charge is 0.327 e. The summed E-state index contributed by atoms with van der Waals surface area (Å²) in [6.07, 6.45) is 6.72. The number of nitrogens with zero attached hydrogens (tertiary/aromatic N) is 2. The van der Waals surface area contributed by atoms with Crippen molar-refractivity contribution in [1.82, 2.24) is 19.9 Å². The molecule has 2 aliphatic rings. The molecule has 7 nitrogen and oxygen atoms in total. The van der Waals surface area contributed by atoms with Gasteiger partial charge in [-0.15, -0.1) is 0 Å². The van der Waals surface area contributed by atoms with Crippen molar-refractivity contribution in [3.63, 3.8) is 0 Å². The second-order valence-electron chi connectivity index (χ2n) is 8.37. The molecule has 5 rings (SSSR count). The van der Waals surface area contributed by atoms with E-state index in [4.69, 9.17) is 4.74 Å². The van der Waals surface area contributed by atoms with Gasteiger partial charge in [0.2, 0.25) is 0 Å². The minimum Gasteiger partial charge on any atom is -0.381 e. The first-order chi connectivity index (χ1) is 14.6. The maximum atomic E-state index is 12.6. The summed E-state index contributed by atoms with van der Waals surface area (Å²) in [6.45, 7) is 3.34. The summed E-state index contributed by atoms with van der Waals surface area (Å²) in [5.41, 5.74) is 4.80. The number of pyridine rings is 1. The van der Waals surface area contributed by atoms with Crippen LogP contribution in [0.15, 0.2) is 35.3 Å². The molecule has 156 valence electrons. The number of aryl methyl sites for hydroxylation is 1. The van der Waals surface area contributed by atoms with Gasteiger partial charge >= 0.3 is 5.69 Å². The number of nitrogens with one attached hydrogen (secondary N) is 2. The van der Waals surface area contributed by atoms with E-state index in [9.17, 15) is 9.59 Å². The van der Waals surface area contributed by atoms with Crippen molar-refractivity contribution >= 4 is 17.1 Å². The number of hydrogen-bond donors (Lipinski definition) is 2. The largest absolute Gasteiger partial charge is 0.381 e. The van der Waals surface area contributed by atoms with Gasteiger partial charge in [0.05, 0.1) is 5.52 Å². The highest BCUT2D eigenvalue weighted by Gasteiger charge is 2.22. The second-order valence-corrected chi connectivity index (χ2v) is 8.37. The Hall–Kier alpha value is -2.93. The van der Waals surface area contributed by atoms with Gasteiger partial charge in [-0.2, -0.15) is 0 Å². The second kappa shape index (κ2) is 7.72. The zero-order chi connectivity index (χ0) is 20.7. The Balaban J connectivity index is 1.49. The van der Waals surface area contributed by atoms with E-state index in [0.717, 1.165) is 42.4 Å². The number of aromatic amines is 1. The molecule has 0 unspecified atom stereocenters. The first-order valence-corrected chi connectivity index (χ1v) is 10.7. The van der Waals surface area contributed by atoms with Gasteiger partial charge in [-0.25, -0.2) is 9.78 Å². The lowest BCUT2D eigenvalue weighted by Gasteiger charge is -2.26. The predicted octanol–water partition coefficient (Wildman–Crippen LogP) is 3.33. The fourth-order valence-corrected chi connectivity index (χ4v) is 4.34. The van der Waals surface area contributed by atoms with E-state index >= 15 is 0 Å². The van der Waals surface area contributed by atoms with E-state index < -0.39 is 0 Å². The van der Waals surface area contributed by atoms with Crippen LogP contribution in [0, 0.1) is 6.92 Å². The highest BCUT2D eigenvalue weighted by atomic mass is 16.5. The van der Waals surface area contributed by atoms with Gasteiger partial charge in [-0.3, -0.25) is 9.36 Å². The summed E-state index contributed by atoms with van der Waals surface area (Å²) in [6, 6.07) is 8.11. The van der Waals surface area contributed by atoms with Crippen LogP contribution in [0.5, 0.6) is 0 Å². The number of carbonyl (C=O) groups excluding carboxylic acids is 1. The van der Waals surface area contributed by atoms with Crippen molar-refractivity contribution in [2.45, 2.75) is 51.1 Å². The van der Waals surface area contributed by atoms with E-state index in [1.165, 1.54) is 6.42 Å². The van der Waals surface area contributed by atoms with E-state index in [1.807, 2.05) is 31.2 Å². The summed E-state index contributed by atoms with van der Waals surface area (Å²) >= 11 is 0. The fraction of sp³-hybridized carbons (Fsp3) is 0.435. The molecule has 1 saturated heterocycles. The average molecular weight is 406 g/mol. The highest BCUT2D eigenvalue weighted by molar-refractivity contribution is 5.96. The van der Waals surface area contributed by atoms with Gasteiger partial charge in [0.25, 0.3) is 5.91 Å². The first kappa shape index (κ1) is 19.1. The molecule has 1 aromatic carbocycles. The number of hydrogen-bond acceptors (Lipinski definition) is 4. The van der Waals surface area contributed by atoms with Crippen molar-refractivity contribution in [3.05, 3.63) is 52.1 Å². The van der Waals surface area contributed by atoms with Gasteiger partial charge in [0.15, 0.2) is 5.65 Å². The van der Waals surface area contributed by atoms with Crippen LogP contribution in [0.25, 0.3) is 22.3 Å². The topological polar surface area (TPSA) is 89.0 Å². The van der Waals surface area contributed by atoms with Gasteiger partial charge in [-0.05, 0) is 68.4 Å². The molecular weight excluding hydrogens is 380 g/mol. The van der Waals surface area contributed by atoms with Crippen LogP contribution in [0.2, 0.25) is 0 Å². The van der Waals surface area contributed by atoms with Crippen LogP contribution in [-0.2, 0) is 4.74 Å². The number of benzene rings is 1. The molecule has 1 aliphatic carbocycles. The van der Waals surface area contributed by atoms with Crippen LogP contribution < -0.4 is 11.0 Å². The number of rotatable bonds is 4. The van der Waals surface area contributed by atoms with Crippen LogP contribution >= 0.6 is 0 Å². The lowest BCUT2D eigenvalue weighted by atomic mass is 9.92. The predicted molar refractivity (Wildman–Crippen MR) is 115 cm³/mol. The Morgan fingerprint density at radius 3 is 2.73 bits per heavy atom. The third-order valence-corrected chi connectivity index (χ3v) is 6.36. The van der Waals surface area contributed by atoms with Crippen molar-refractivity contribution in [1.29, 1.82) is 0 Å². The normalized spacial score (nSPS) is 17.8. The molecule has 3 aromatic rings. The number of imidazole rings is 1. The Morgan fingerprint density at radius 2 is 2.00 bits per heavy atom. The van der Waals surface area contributed by atoms with E-state index in [-0.39, 0.29) is 17.6 Å². The molecule has 0 bridgehead atoms. The third-order valence-electron chi connectivity index (χ3n) is 6.36. The van der Waals surface area contributed by atoms with Crippen molar-refractivity contribution in [2.24, 2.45) is 0 Å². The number of ether oxygens (including phenoxy) is 1. The van der Waals surface area contributed by atoms with E-state index in [2.05, 4.69) is 15.3 Å². The zero-order valence-corrected chi connectivity index (χ0v) is 17.1. The van der Waals surface area contributed by atoms with Crippen LogP contribution in [0.4, 0.5) is 0 Å². The highest BCUT2D eigenvalue weighted by Crippen LogP contribution is 2.28. The van der Waals surface area contributed by atoms with Gasteiger partial charge in [0, 0.05) is 42.6 Å². The summed E-state index contributed by atoms with van der Waals surface area (Å²) in [7, 11) is 0. The molecule has 0 radical (unpaired) electrons. The van der Waals surface area contributed by atoms with Crippen LogP contribution in [-0.4, -0.2) is 39.7 Å². The SMILES string of the molecule is Cc1ccc(C(=O)NC2CCC2)cc1-c1cnc2c(c1)[nH]c(=O)n2C1CCOCC1. The molecule has 2 aromatic heterocycles. The lowest BCUT2D eigenvalue weighted by molar-refractivity contribution is 0.0697. The number of carbonyl (C=O) groups is 1. The van der Waals surface area contributed by atoms with Crippen LogP contribution in [0.3, 0.4) is 0 Å². The Kier molecular flexibility index (Phi) is 4.90. The molecule has 30 heavy (non-hydrogen) atoms. The first-order valence-electron chi connectivity index (χ1n) is 10.7. The van der Waals surface area contributed by atoms with Crippen molar-refractivity contribution in [2.75, 3.05) is 13.2 Å². The molecule has 1 saturated carbocycles. The molecular formula is C23H26N4O3. The lowest BCUT2D eigenvalue weighted by Crippen LogP contribution is -2.39. The molecule has 2 N–H and O–H groups in total. The van der Waals surface area contributed by atoms with Crippen molar-refractivity contribution < 1.29 is 9.53 Å². The standard InChI is InChI=1S/C23H26N4O3/c1-14-5-6-15(22(28)25-17-3-2-4-17)11-19(14)16-12-20-21(24-13-16)27(23(29)26-20)18-7-9-30-10-8-18/h5-6,11-13,17-18H,2-4,7-10H2,1H3,(H,25,28)(H,26,29). The Labute approximate surface area is 174 Å². The molecule has 0 atom stereocenters. The average Bonchev–Trinajstić information content (AvgIpc) is 3.06. The van der Waals surface area contributed by atoms with Gasteiger partial charge in [0.1, 0.15) is 0 Å². The fourth-order valence-electron chi connectivity index (χ4n) is 4.34. The van der Waals surface area contributed by atoms with Gasteiger partial charge in [-0.1, -0.05) is 6.07 Å². The maximum absolute atomic E-state index is 12.6. The molecule has 1 amide bonds. The molecule has 7 heteroatoms. The van der Waals surface area contributed by atoms with Gasteiger partial charge < -0.3 is 15.0 Å². The molecule has 2 fully saturated rings. The summed E-state index contributed by atoms with van der Waals surface area (Å²) in [5, 5.41) is 3.09. The van der Waals surface area contributed by atoms with Crippen molar-refractivity contribution in [3.8, 4) is 11.1 Å². The third kappa shape index (κ3) is 3.43. The zero-order valence-electron chi connectivity index (χ0n) is 17.1. The van der Waals surface area contributed by atoms with E-state index in [1.54, 1.807) is 10.8 Å². The number of fused-ring (bicyclic) bond motifs is 1. The molecule has 3 heterocycles. The summed E-state index contributed by atoms with van der Waals surface area (Å²) in [5.74, 6) is -0.0333. The number of aromatic nitrogens is 3. The Bertz CT molecular complexity index is 1150. The monoisotopic (exact) mass is 406 g/mol. The van der Waals surface area contributed by atoms with E-state index in [0.29, 0.717) is 36.0 Å². The quantitative estimate of drug-likeness (QED) is 0.696. The minimum atomic E-state index is -0.133. The maximum Gasteiger partial charge on any atom is 0.327 e. The molecule has 1 aliphatic heterocycles. The van der Waals surface area contributed by atoms with Crippen LogP contribution in [0.1, 0.15) is 54.1 Å². The summed E-state index contributed by atoms with van der Waals surface area (Å²) in [4.78, 5) is 32.8. The summed E-state index contributed by atoms with van der Waals surface area (Å²) < 4.78 is 7.19. The number of amides is 1. The number of H-pyrrole nitrogens is 1. The Morgan fingerprint density at radius 1 is 1.20 bits per heavy atom. The minimum absolute atomic E-state index is 0.0333. The molecule has 0 spiro atoms.